The van der Waals surface area contributed by atoms with Crippen LogP contribution >= 0.6 is 11.3 Å². The van der Waals surface area contributed by atoms with Gasteiger partial charge in [-0.15, -0.1) is 11.3 Å². The van der Waals surface area contributed by atoms with Crippen molar-refractivity contribution < 1.29 is 4.74 Å². The molecule has 0 bridgehead atoms. The van der Waals surface area contributed by atoms with Crippen molar-refractivity contribution in [3.63, 3.8) is 0 Å². The Morgan fingerprint density at radius 1 is 1.69 bits per heavy atom. The van der Waals surface area contributed by atoms with Gasteiger partial charge in [-0.25, -0.2) is 4.98 Å². The molecule has 0 aliphatic carbocycles. The predicted octanol–water partition coefficient (Wildman–Crippen LogP) is 1.98. The molecular formula is C9H14N2OS. The van der Waals surface area contributed by atoms with Gasteiger partial charge >= 0.3 is 0 Å². The Kier molecular flexibility index (Phi) is 2.26. The van der Waals surface area contributed by atoms with E-state index in [4.69, 9.17) is 4.74 Å². The van der Waals surface area contributed by atoms with Gasteiger partial charge in [-0.1, -0.05) is 13.8 Å². The lowest BCUT2D eigenvalue weighted by atomic mass is 9.88. The Morgan fingerprint density at radius 2 is 2.54 bits per heavy atom. The van der Waals surface area contributed by atoms with Crippen LogP contribution in [0.15, 0.2) is 11.6 Å². The Hall–Kier alpha value is -0.610. The summed E-state index contributed by atoms with van der Waals surface area (Å²) in [6, 6.07) is 0.388. The molecule has 0 radical (unpaired) electrons. The van der Waals surface area contributed by atoms with Gasteiger partial charge in [-0.3, -0.25) is 0 Å². The van der Waals surface area contributed by atoms with E-state index in [0.29, 0.717) is 6.04 Å². The Balaban J connectivity index is 2.02. The van der Waals surface area contributed by atoms with Crippen LogP contribution in [-0.2, 0) is 4.74 Å². The molecule has 1 atom stereocenters. The van der Waals surface area contributed by atoms with Gasteiger partial charge in [0.1, 0.15) is 0 Å². The van der Waals surface area contributed by atoms with Gasteiger partial charge in [0.25, 0.3) is 0 Å². The second-order valence-corrected chi connectivity index (χ2v) is 4.93. The molecule has 0 spiro atoms. The first kappa shape index (κ1) is 8.97. The van der Waals surface area contributed by atoms with Gasteiger partial charge in [-0.05, 0) is 0 Å². The standard InChI is InChI=1S/C9H14N2OS/c1-9(2)6-12-5-7(9)11-8-10-3-4-13-8/h3-4,7H,5-6H2,1-2H3,(H,10,11). The third-order valence-corrected chi connectivity index (χ3v) is 3.14. The molecule has 1 saturated heterocycles. The summed E-state index contributed by atoms with van der Waals surface area (Å²) in [7, 11) is 0. The van der Waals surface area contributed by atoms with E-state index in [9.17, 15) is 0 Å². The molecule has 1 aliphatic rings. The smallest absolute Gasteiger partial charge is 0.182 e. The first-order valence-corrected chi connectivity index (χ1v) is 5.30. The highest BCUT2D eigenvalue weighted by Crippen LogP contribution is 2.30. The lowest BCUT2D eigenvalue weighted by molar-refractivity contribution is 0.167. The fraction of sp³-hybridized carbons (Fsp3) is 0.667. The summed E-state index contributed by atoms with van der Waals surface area (Å²) in [4.78, 5) is 4.20. The van der Waals surface area contributed by atoms with E-state index in [-0.39, 0.29) is 5.41 Å². The fourth-order valence-corrected chi connectivity index (χ4v) is 2.03. The van der Waals surface area contributed by atoms with Gasteiger partial charge < -0.3 is 10.1 Å². The summed E-state index contributed by atoms with van der Waals surface area (Å²) in [5.74, 6) is 0. The monoisotopic (exact) mass is 198 g/mol. The largest absolute Gasteiger partial charge is 0.379 e. The van der Waals surface area contributed by atoms with E-state index in [1.165, 1.54) is 0 Å². The highest BCUT2D eigenvalue weighted by atomic mass is 32.1. The van der Waals surface area contributed by atoms with Crippen LogP contribution in [0.5, 0.6) is 0 Å². The summed E-state index contributed by atoms with van der Waals surface area (Å²) < 4.78 is 5.44. The summed E-state index contributed by atoms with van der Waals surface area (Å²) in [5, 5.41) is 6.36. The number of anilines is 1. The Morgan fingerprint density at radius 3 is 3.08 bits per heavy atom. The number of hydrogen-bond acceptors (Lipinski definition) is 4. The van der Waals surface area contributed by atoms with Gasteiger partial charge in [-0.2, -0.15) is 0 Å². The van der Waals surface area contributed by atoms with Crippen molar-refractivity contribution in [3.05, 3.63) is 11.6 Å². The lowest BCUT2D eigenvalue weighted by Gasteiger charge is -2.24. The van der Waals surface area contributed by atoms with Crippen molar-refractivity contribution in [2.24, 2.45) is 5.41 Å². The van der Waals surface area contributed by atoms with E-state index in [2.05, 4.69) is 24.1 Å². The first-order valence-electron chi connectivity index (χ1n) is 4.42. The minimum atomic E-state index is 0.214. The number of aromatic nitrogens is 1. The van der Waals surface area contributed by atoms with E-state index < -0.39 is 0 Å². The van der Waals surface area contributed by atoms with Crippen LogP contribution in [0.2, 0.25) is 0 Å². The molecule has 1 aromatic heterocycles. The average molecular weight is 198 g/mol. The maximum absolute atomic E-state index is 5.44. The number of nitrogens with one attached hydrogen (secondary N) is 1. The van der Waals surface area contributed by atoms with Crippen LogP contribution in [0.1, 0.15) is 13.8 Å². The maximum Gasteiger partial charge on any atom is 0.182 e. The number of hydrogen-bond donors (Lipinski definition) is 1. The predicted molar refractivity (Wildman–Crippen MR) is 54.1 cm³/mol. The molecule has 13 heavy (non-hydrogen) atoms. The van der Waals surface area contributed by atoms with Crippen LogP contribution in [0, 0.1) is 5.41 Å². The molecule has 3 nitrogen and oxygen atoms in total. The Bertz CT molecular complexity index is 271. The van der Waals surface area contributed by atoms with Crippen LogP contribution < -0.4 is 5.32 Å². The molecule has 72 valence electrons. The molecular weight excluding hydrogens is 184 g/mol. The van der Waals surface area contributed by atoms with Crippen LogP contribution in [0.4, 0.5) is 5.13 Å². The van der Waals surface area contributed by atoms with Gasteiger partial charge in [0.2, 0.25) is 0 Å². The van der Waals surface area contributed by atoms with E-state index in [0.717, 1.165) is 18.3 Å². The van der Waals surface area contributed by atoms with Gasteiger partial charge in [0.15, 0.2) is 5.13 Å². The second-order valence-electron chi connectivity index (χ2n) is 4.04. The normalized spacial score (nSPS) is 26.2. The topological polar surface area (TPSA) is 34.1 Å². The van der Waals surface area contributed by atoms with Crippen molar-refractivity contribution in [2.45, 2.75) is 19.9 Å². The fourth-order valence-electron chi connectivity index (χ4n) is 1.45. The van der Waals surface area contributed by atoms with Crippen LogP contribution in [0.3, 0.4) is 0 Å². The number of nitrogens with zero attached hydrogens (tertiary/aromatic N) is 1. The highest BCUT2D eigenvalue weighted by Gasteiger charge is 2.35. The summed E-state index contributed by atoms with van der Waals surface area (Å²) >= 11 is 1.63. The molecule has 1 N–H and O–H groups in total. The quantitative estimate of drug-likeness (QED) is 0.789. The maximum atomic E-state index is 5.44. The number of thiazole rings is 1. The van der Waals surface area contributed by atoms with Crippen LogP contribution in [0.25, 0.3) is 0 Å². The Labute approximate surface area is 82.1 Å². The molecule has 1 aliphatic heterocycles. The third-order valence-electron chi connectivity index (χ3n) is 2.43. The average Bonchev–Trinajstić information content (AvgIpc) is 2.63. The zero-order valence-electron chi connectivity index (χ0n) is 7.91. The van der Waals surface area contributed by atoms with Crippen molar-refractivity contribution in [1.82, 2.24) is 4.98 Å². The molecule has 2 heterocycles. The molecule has 2 rings (SSSR count). The first-order chi connectivity index (χ1) is 6.18. The minimum absolute atomic E-state index is 0.214. The van der Waals surface area contributed by atoms with E-state index in [1.807, 2.05) is 11.6 Å². The minimum Gasteiger partial charge on any atom is -0.379 e. The molecule has 0 saturated carbocycles. The molecule has 0 aromatic carbocycles. The summed E-state index contributed by atoms with van der Waals surface area (Å²) in [6.07, 6.45) is 1.82. The van der Waals surface area contributed by atoms with E-state index in [1.54, 1.807) is 11.3 Å². The van der Waals surface area contributed by atoms with Crippen molar-refractivity contribution in [1.29, 1.82) is 0 Å². The second kappa shape index (κ2) is 3.27. The zero-order valence-corrected chi connectivity index (χ0v) is 8.73. The molecule has 0 amide bonds. The lowest BCUT2D eigenvalue weighted by Crippen LogP contribution is -2.34. The zero-order chi connectivity index (χ0) is 9.31. The molecule has 1 unspecified atom stereocenters. The van der Waals surface area contributed by atoms with Gasteiger partial charge in [0.05, 0.1) is 19.3 Å². The number of ether oxygens (including phenoxy) is 1. The molecule has 1 fully saturated rings. The third kappa shape index (κ3) is 1.84. The SMILES string of the molecule is CC1(C)COCC1Nc1nccs1. The van der Waals surface area contributed by atoms with E-state index >= 15 is 0 Å². The van der Waals surface area contributed by atoms with Gasteiger partial charge in [0, 0.05) is 17.0 Å². The molecule has 1 aromatic rings. The van der Waals surface area contributed by atoms with Crippen molar-refractivity contribution >= 4 is 16.5 Å². The number of rotatable bonds is 2. The van der Waals surface area contributed by atoms with Crippen LogP contribution in [-0.4, -0.2) is 24.2 Å². The summed E-state index contributed by atoms with van der Waals surface area (Å²) in [5.41, 5.74) is 0.214. The molecule has 4 heteroatoms. The summed E-state index contributed by atoms with van der Waals surface area (Å²) in [6.45, 7) is 6.04. The van der Waals surface area contributed by atoms with Crippen molar-refractivity contribution in [3.8, 4) is 0 Å². The highest BCUT2D eigenvalue weighted by molar-refractivity contribution is 7.13. The van der Waals surface area contributed by atoms with Crippen molar-refractivity contribution in [2.75, 3.05) is 18.5 Å².